The van der Waals surface area contributed by atoms with Crippen LogP contribution in [-0.4, -0.2) is 13.7 Å². The Morgan fingerprint density at radius 1 is 0.219 bits per heavy atom. The van der Waals surface area contributed by atoms with Crippen LogP contribution in [0.25, 0.3) is 182 Å². The number of nitrogens with zero attached hydrogens (tertiary/aromatic N) is 3. The first-order valence-electron chi connectivity index (χ1n) is 40.1. The maximum absolute atomic E-state index is 2.54. The van der Waals surface area contributed by atoms with Gasteiger partial charge in [0, 0.05) is 71.7 Å². The molecular formula is C111H77N3. The summed E-state index contributed by atoms with van der Waals surface area (Å²) in [5.74, 6) is 0.205. The summed E-state index contributed by atoms with van der Waals surface area (Å²) in [6, 6.07) is 144. The molecule has 0 saturated carbocycles. The Morgan fingerprint density at radius 2 is 0.675 bits per heavy atom. The van der Waals surface area contributed by atoms with E-state index in [0.717, 1.165) is 0 Å². The van der Waals surface area contributed by atoms with Crippen molar-refractivity contribution in [2.24, 2.45) is 0 Å². The van der Waals surface area contributed by atoms with Gasteiger partial charge in [-0.1, -0.05) is 331 Å². The van der Waals surface area contributed by atoms with Crippen molar-refractivity contribution in [2.75, 3.05) is 0 Å². The van der Waals surface area contributed by atoms with Gasteiger partial charge in [0.25, 0.3) is 0 Å². The van der Waals surface area contributed by atoms with Crippen LogP contribution in [0.15, 0.2) is 388 Å². The molecule has 3 aromatic heterocycles. The van der Waals surface area contributed by atoms with Gasteiger partial charge in [-0.15, -0.1) is 0 Å². The lowest BCUT2D eigenvalue weighted by Gasteiger charge is -2.23. The normalized spacial score (nSPS) is 14.0. The Labute approximate surface area is 662 Å². The van der Waals surface area contributed by atoms with E-state index in [9.17, 15) is 0 Å². The van der Waals surface area contributed by atoms with E-state index in [1.807, 2.05) is 0 Å². The Kier molecular flexibility index (Phi) is 14.5. The maximum atomic E-state index is 2.54. The third-order valence-electron chi connectivity index (χ3n) is 25.7. The minimum absolute atomic E-state index is 0.0973. The number of hydrogen-bond donors (Lipinski definition) is 0. The zero-order chi connectivity index (χ0) is 75.7. The van der Waals surface area contributed by atoms with Crippen molar-refractivity contribution in [3.63, 3.8) is 0 Å². The van der Waals surface area contributed by atoms with Gasteiger partial charge in [0.05, 0.1) is 33.1 Å². The average Bonchev–Trinajstić information content (AvgIpc) is 1.53. The van der Waals surface area contributed by atoms with E-state index >= 15 is 0 Å². The number of benzene rings is 18. The standard InChI is InChI=1S/C56H39N.C55H38N2/c1-56(2)51-22-11-10-20-44(51)47-28-29-48-50-34-40(26-30-52(50)57(55(48)54(47)56)42-18-12-17-38(32-42)35-13-4-3-5-14-35)39-25-27-46-49(33-39)43-19-8-9-21-45(43)53(46)41-24-23-36-15-6-7-16-37(36)31-41;1-55(2)48-21-10-8-20-45(48)53-49(55)28-27-44-47-34-40(25-30-52(47)57(54(44)53)41-18-12-17-38(31-41)35-13-4-3-5-14-35)39-24-29-51-46(33-39)43-19-9-11-22-50(43)56(51)42-26-23-36-15-6-7-16-37(36)32-42/h3-34,53H,1-2H3;3-34H,1-2H3. The molecule has 1 unspecified atom stereocenters. The number of rotatable bonds is 8. The molecule has 536 valence electrons. The Balaban J connectivity index is 0.000000135. The molecule has 3 heterocycles. The van der Waals surface area contributed by atoms with E-state index in [1.54, 1.807) is 0 Å². The molecule has 3 aliphatic carbocycles. The van der Waals surface area contributed by atoms with Crippen LogP contribution in [-0.2, 0) is 10.8 Å². The summed E-state index contributed by atoms with van der Waals surface area (Å²) in [5.41, 5.74) is 38.2. The van der Waals surface area contributed by atoms with Crippen molar-refractivity contribution in [3.05, 3.63) is 427 Å². The molecule has 3 nitrogen and oxygen atoms in total. The molecule has 1 atom stereocenters. The zero-order valence-corrected chi connectivity index (χ0v) is 63.9. The molecule has 0 amide bonds. The lowest BCUT2D eigenvalue weighted by atomic mass is 9.81. The molecule has 0 aliphatic heterocycles. The first-order chi connectivity index (χ1) is 56.1. The molecular weight excluding hydrogens is 1380 g/mol. The van der Waals surface area contributed by atoms with E-state index in [4.69, 9.17) is 0 Å². The highest BCUT2D eigenvalue weighted by Gasteiger charge is 2.40. The molecule has 0 bridgehead atoms. The van der Waals surface area contributed by atoms with Gasteiger partial charge in [-0.05, 0) is 218 Å². The van der Waals surface area contributed by atoms with Gasteiger partial charge >= 0.3 is 0 Å². The number of aromatic nitrogens is 3. The van der Waals surface area contributed by atoms with Crippen LogP contribution in [0.1, 0.15) is 72.6 Å². The van der Waals surface area contributed by atoms with Crippen molar-refractivity contribution < 1.29 is 0 Å². The topological polar surface area (TPSA) is 14.8 Å². The second-order valence-corrected chi connectivity index (χ2v) is 32.6. The van der Waals surface area contributed by atoms with Crippen LogP contribution in [0.2, 0.25) is 0 Å². The largest absolute Gasteiger partial charge is 0.309 e. The summed E-state index contributed by atoms with van der Waals surface area (Å²) in [6.07, 6.45) is 0. The lowest BCUT2D eigenvalue weighted by molar-refractivity contribution is 0.661. The van der Waals surface area contributed by atoms with Gasteiger partial charge < -0.3 is 13.7 Å². The molecule has 21 aromatic rings. The SMILES string of the molecule is CC1(C)c2ccccc2-c2c1ccc1c3cc(-c4ccc5c(c4)c4ccccc4n5-c4ccc5ccccc5c4)ccc3n(-c3cccc(-c4ccccc4)c3)c21.CC1(C)c2ccccc2-c2ccc3c4cc(-c5ccc6c(c5)-c5ccccc5C6c5ccc6ccccc6c5)ccc4n(-c4cccc(-c5ccccc5)c4)c3c21. The first kappa shape index (κ1) is 65.7. The molecule has 114 heavy (non-hydrogen) atoms. The minimum Gasteiger partial charge on any atom is -0.309 e. The summed E-state index contributed by atoms with van der Waals surface area (Å²) in [4.78, 5) is 0. The molecule has 18 aromatic carbocycles. The smallest absolute Gasteiger partial charge is 0.0622 e. The summed E-state index contributed by atoms with van der Waals surface area (Å²) >= 11 is 0. The fourth-order valence-electron chi connectivity index (χ4n) is 20.3. The van der Waals surface area contributed by atoms with Crippen LogP contribution in [0.5, 0.6) is 0 Å². The third-order valence-corrected chi connectivity index (χ3v) is 25.7. The molecule has 24 rings (SSSR count). The minimum atomic E-state index is -0.160. The lowest BCUT2D eigenvalue weighted by Crippen LogP contribution is -2.16. The van der Waals surface area contributed by atoms with E-state index in [2.05, 4.69) is 430 Å². The second kappa shape index (κ2) is 25.2. The van der Waals surface area contributed by atoms with Crippen molar-refractivity contribution in [2.45, 2.75) is 44.4 Å². The van der Waals surface area contributed by atoms with Crippen LogP contribution >= 0.6 is 0 Å². The molecule has 0 fully saturated rings. The number of fused-ring (bicyclic) bond motifs is 22. The summed E-state index contributed by atoms with van der Waals surface area (Å²) in [7, 11) is 0. The van der Waals surface area contributed by atoms with Gasteiger partial charge in [0.1, 0.15) is 0 Å². The summed E-state index contributed by atoms with van der Waals surface area (Å²) < 4.78 is 7.49. The van der Waals surface area contributed by atoms with Crippen molar-refractivity contribution in [3.8, 4) is 95.0 Å². The van der Waals surface area contributed by atoms with Gasteiger partial charge in [0.15, 0.2) is 0 Å². The Morgan fingerprint density at radius 3 is 1.34 bits per heavy atom. The van der Waals surface area contributed by atoms with Crippen molar-refractivity contribution in [1.82, 2.24) is 13.7 Å². The Hall–Kier alpha value is -14.1. The Bertz CT molecular complexity index is 7600. The van der Waals surface area contributed by atoms with Crippen LogP contribution in [0.3, 0.4) is 0 Å². The third kappa shape index (κ3) is 9.95. The van der Waals surface area contributed by atoms with E-state index in [1.165, 1.54) is 221 Å². The summed E-state index contributed by atoms with van der Waals surface area (Å²) in [6.45, 7) is 9.55. The molecule has 0 radical (unpaired) electrons. The zero-order valence-electron chi connectivity index (χ0n) is 63.9. The number of hydrogen-bond acceptors (Lipinski definition) is 0. The first-order valence-corrected chi connectivity index (χ1v) is 40.1. The van der Waals surface area contributed by atoms with Crippen molar-refractivity contribution >= 4 is 87.0 Å². The quantitative estimate of drug-likeness (QED) is 0.144. The van der Waals surface area contributed by atoms with Gasteiger partial charge in [-0.25, -0.2) is 0 Å². The fraction of sp³-hybridized carbons (Fsp3) is 0.0631. The highest BCUT2D eigenvalue weighted by molar-refractivity contribution is 6.18. The molecule has 0 spiro atoms. The highest BCUT2D eigenvalue weighted by Crippen LogP contribution is 2.57. The molecule has 0 saturated heterocycles. The van der Waals surface area contributed by atoms with E-state index in [0.29, 0.717) is 0 Å². The van der Waals surface area contributed by atoms with Gasteiger partial charge in [0.2, 0.25) is 0 Å². The average molecular weight is 1450 g/mol. The predicted molar refractivity (Wildman–Crippen MR) is 481 cm³/mol. The fourth-order valence-corrected chi connectivity index (χ4v) is 20.3. The number of para-hydroxylation sites is 1. The van der Waals surface area contributed by atoms with Crippen LogP contribution in [0, 0.1) is 0 Å². The summed E-state index contributed by atoms with van der Waals surface area (Å²) in [5, 5.41) is 12.7. The van der Waals surface area contributed by atoms with Gasteiger partial charge in [-0.2, -0.15) is 0 Å². The van der Waals surface area contributed by atoms with Crippen LogP contribution in [0.4, 0.5) is 0 Å². The molecule has 3 aliphatic rings. The predicted octanol–water partition coefficient (Wildman–Crippen LogP) is 29.4. The maximum Gasteiger partial charge on any atom is 0.0622 e. The van der Waals surface area contributed by atoms with E-state index < -0.39 is 0 Å². The van der Waals surface area contributed by atoms with Crippen LogP contribution < -0.4 is 0 Å². The van der Waals surface area contributed by atoms with Gasteiger partial charge in [-0.3, -0.25) is 0 Å². The van der Waals surface area contributed by atoms with Crippen molar-refractivity contribution in [1.29, 1.82) is 0 Å². The molecule has 3 heteroatoms. The van der Waals surface area contributed by atoms with E-state index in [-0.39, 0.29) is 16.7 Å². The second-order valence-electron chi connectivity index (χ2n) is 32.6. The highest BCUT2D eigenvalue weighted by atomic mass is 15.0. The monoisotopic (exact) mass is 1450 g/mol. The molecule has 0 N–H and O–H groups in total.